The highest BCUT2D eigenvalue weighted by atomic mass is 35.5. The number of alkyl halides is 6. The van der Waals surface area contributed by atoms with E-state index in [9.17, 15) is 35.5 Å². The van der Waals surface area contributed by atoms with Crippen LogP contribution in [0.4, 0.5) is 42.2 Å². The van der Waals surface area contributed by atoms with E-state index in [1.807, 2.05) is 0 Å². The maximum Gasteiger partial charge on any atom is 0.416 e. The Bertz CT molecular complexity index is 1830. The molecule has 0 spiro atoms. The first-order valence-corrected chi connectivity index (χ1v) is 20.9. The third-order valence-corrected chi connectivity index (χ3v) is 15.8. The highest BCUT2D eigenvalue weighted by Gasteiger charge is 2.43. The van der Waals surface area contributed by atoms with E-state index < -0.39 is 54.5 Å². The van der Waals surface area contributed by atoms with Gasteiger partial charge in [-0.25, -0.2) is 9.37 Å². The van der Waals surface area contributed by atoms with Gasteiger partial charge in [-0.15, -0.1) is 0 Å². The largest absolute Gasteiger partial charge is 0.416 e. The van der Waals surface area contributed by atoms with E-state index in [0.29, 0.717) is 62.0 Å². The van der Waals surface area contributed by atoms with Crippen molar-refractivity contribution in [2.24, 2.45) is 0 Å². The molecule has 3 heterocycles. The minimum absolute atomic E-state index is 0.0181. The molecule has 7 nitrogen and oxygen atoms in total. The first-order chi connectivity index (χ1) is 24.8. The molecule has 2 aromatic carbocycles. The summed E-state index contributed by atoms with van der Waals surface area (Å²) in [6, 6.07) is 6.53. The summed E-state index contributed by atoms with van der Waals surface area (Å²) in [6.07, 6.45) is -8.78. The number of halogens is 8. The number of ether oxygens (including phenoxy) is 1. The molecule has 0 radical (unpaired) electrons. The molecule has 2 atom stereocenters. The minimum atomic E-state index is -5.10. The number of anilines is 2. The number of carbonyl (C=O) groups is 1. The molecule has 0 N–H and O–H groups in total. The summed E-state index contributed by atoms with van der Waals surface area (Å²) in [6.45, 7) is 16.9. The zero-order valence-corrected chi connectivity index (χ0v) is 33.3. The Morgan fingerprint density at radius 2 is 1.56 bits per heavy atom. The predicted octanol–water partition coefficient (Wildman–Crippen LogP) is 9.43. The average Bonchev–Trinajstić information content (AvgIpc) is 3.08. The molecular weight excluding hydrogens is 757 g/mol. The van der Waals surface area contributed by atoms with Gasteiger partial charge in [-0.2, -0.15) is 26.3 Å². The quantitative estimate of drug-likeness (QED) is 0.167. The number of amides is 1. The topological polar surface area (TPSA) is 58.1 Å². The molecule has 5 rings (SSSR count). The SMILES string of the molecule is CN(C(=O)C(C)(C)c1cc(C(F)(F)F)cc(C(F)(F)F)c1)c1cnc(N2C[C@H]3COCCN3C[C@H]2CO[Si](C)(C)C(C)(C)C)cc1-c1ccc(F)cc1Cl. The molecule has 2 fully saturated rings. The fourth-order valence-corrected chi connectivity index (χ4v) is 7.85. The van der Waals surface area contributed by atoms with Crippen molar-refractivity contribution in [3.8, 4) is 11.1 Å². The van der Waals surface area contributed by atoms with Gasteiger partial charge in [0, 0.05) is 37.8 Å². The lowest BCUT2D eigenvalue weighted by Crippen LogP contribution is -2.64. The van der Waals surface area contributed by atoms with Crippen LogP contribution in [0, 0.1) is 5.82 Å². The summed E-state index contributed by atoms with van der Waals surface area (Å²) in [4.78, 5) is 24.7. The molecule has 3 aromatic rings. The lowest BCUT2D eigenvalue weighted by atomic mass is 9.81. The summed E-state index contributed by atoms with van der Waals surface area (Å²) < 4.78 is 110. The van der Waals surface area contributed by atoms with Crippen LogP contribution in [0.1, 0.15) is 51.3 Å². The number of benzene rings is 2. The van der Waals surface area contributed by atoms with Crippen molar-refractivity contribution in [2.75, 3.05) is 56.3 Å². The third-order valence-electron chi connectivity index (χ3n) is 11.0. The van der Waals surface area contributed by atoms with E-state index in [-0.39, 0.29) is 33.9 Å². The van der Waals surface area contributed by atoms with Crippen LogP contribution in [0.5, 0.6) is 0 Å². The number of aromatic nitrogens is 1. The van der Waals surface area contributed by atoms with Gasteiger partial charge in [0.25, 0.3) is 0 Å². The Morgan fingerprint density at radius 3 is 2.13 bits per heavy atom. The van der Waals surface area contributed by atoms with E-state index in [1.165, 1.54) is 39.2 Å². The molecule has 0 unspecified atom stereocenters. The lowest BCUT2D eigenvalue weighted by Gasteiger charge is -2.49. The second-order valence-electron chi connectivity index (χ2n) is 16.1. The number of fused-ring (bicyclic) bond motifs is 1. The van der Waals surface area contributed by atoms with Gasteiger partial charge >= 0.3 is 12.4 Å². The third kappa shape index (κ3) is 8.75. The smallest absolute Gasteiger partial charge is 0.415 e. The van der Waals surface area contributed by atoms with Crippen molar-refractivity contribution >= 4 is 37.3 Å². The van der Waals surface area contributed by atoms with Crippen LogP contribution < -0.4 is 9.80 Å². The molecule has 0 saturated carbocycles. The molecule has 2 aliphatic heterocycles. The van der Waals surface area contributed by atoms with Crippen molar-refractivity contribution in [3.63, 3.8) is 0 Å². The summed E-state index contributed by atoms with van der Waals surface area (Å²) in [7, 11) is -0.807. The van der Waals surface area contributed by atoms with Gasteiger partial charge in [-0.05, 0) is 80.0 Å². The van der Waals surface area contributed by atoms with Crippen molar-refractivity contribution < 1.29 is 44.7 Å². The summed E-state index contributed by atoms with van der Waals surface area (Å²) in [5.41, 5.74) is -4.59. The van der Waals surface area contributed by atoms with Crippen molar-refractivity contribution in [1.82, 2.24) is 9.88 Å². The summed E-state index contributed by atoms with van der Waals surface area (Å²) >= 11 is 6.60. The molecule has 296 valence electrons. The minimum Gasteiger partial charge on any atom is -0.415 e. The molecule has 1 amide bonds. The molecule has 0 bridgehead atoms. The molecular formula is C38H46ClF7N4O3Si. The number of hydrogen-bond donors (Lipinski definition) is 0. The number of hydrogen-bond acceptors (Lipinski definition) is 6. The van der Waals surface area contributed by atoms with Gasteiger partial charge < -0.3 is 19.0 Å². The monoisotopic (exact) mass is 802 g/mol. The number of pyridine rings is 1. The Hall–Kier alpha value is -3.24. The summed E-state index contributed by atoms with van der Waals surface area (Å²) in [5, 5.41) is -0.0160. The Morgan fingerprint density at radius 1 is 0.944 bits per heavy atom. The fourth-order valence-electron chi connectivity index (χ4n) is 6.54. The molecule has 1 aromatic heterocycles. The maximum absolute atomic E-state index is 14.3. The van der Waals surface area contributed by atoms with Crippen LogP contribution >= 0.6 is 11.6 Å². The van der Waals surface area contributed by atoms with Crippen LogP contribution in [0.25, 0.3) is 11.1 Å². The Kier molecular flexibility index (Phi) is 11.7. The number of morpholine rings is 1. The van der Waals surface area contributed by atoms with Crippen LogP contribution in [0.15, 0.2) is 48.7 Å². The van der Waals surface area contributed by atoms with Gasteiger partial charge in [0.2, 0.25) is 5.91 Å². The normalized spacial score (nSPS) is 19.1. The van der Waals surface area contributed by atoms with Crippen LogP contribution in [-0.2, 0) is 31.7 Å². The van der Waals surface area contributed by atoms with Crippen LogP contribution in [0.3, 0.4) is 0 Å². The van der Waals surface area contributed by atoms with Crippen LogP contribution in [0.2, 0.25) is 23.2 Å². The van der Waals surface area contributed by atoms with Crippen molar-refractivity contribution in [3.05, 3.63) is 76.2 Å². The van der Waals surface area contributed by atoms with E-state index in [1.54, 1.807) is 6.07 Å². The molecule has 2 saturated heterocycles. The zero-order valence-electron chi connectivity index (χ0n) is 31.6. The number of rotatable bonds is 8. The molecule has 0 aliphatic carbocycles. The maximum atomic E-state index is 14.3. The van der Waals surface area contributed by atoms with Gasteiger partial charge in [0.15, 0.2) is 8.32 Å². The lowest BCUT2D eigenvalue weighted by molar-refractivity contribution is -0.143. The zero-order chi connectivity index (χ0) is 40.2. The van der Waals surface area contributed by atoms with Gasteiger partial charge in [-0.3, -0.25) is 9.69 Å². The Labute approximate surface area is 317 Å². The highest BCUT2D eigenvalue weighted by Crippen LogP contribution is 2.43. The van der Waals surface area contributed by atoms with Gasteiger partial charge in [0.05, 0.1) is 65.4 Å². The predicted molar refractivity (Wildman–Crippen MR) is 198 cm³/mol. The second kappa shape index (κ2) is 15.0. The second-order valence-corrected chi connectivity index (χ2v) is 21.3. The molecule has 54 heavy (non-hydrogen) atoms. The first kappa shape index (κ1) is 41.9. The first-order valence-electron chi connectivity index (χ1n) is 17.6. The van der Waals surface area contributed by atoms with Crippen molar-refractivity contribution in [2.45, 2.75) is 82.6 Å². The van der Waals surface area contributed by atoms with E-state index in [4.69, 9.17) is 25.7 Å². The highest BCUT2D eigenvalue weighted by molar-refractivity contribution is 6.74. The van der Waals surface area contributed by atoms with E-state index >= 15 is 0 Å². The number of piperazine rings is 1. The average molecular weight is 803 g/mol. The number of likely N-dealkylation sites (N-methyl/N-ethyl adjacent to an activating group) is 1. The van der Waals surface area contributed by atoms with Gasteiger partial charge in [-0.1, -0.05) is 32.4 Å². The van der Waals surface area contributed by atoms with E-state index in [2.05, 4.69) is 43.7 Å². The Balaban J connectivity index is 1.59. The number of carbonyl (C=O) groups excluding carboxylic acids is 1. The molecule has 16 heteroatoms. The fraction of sp³-hybridized carbons (Fsp3) is 0.526. The van der Waals surface area contributed by atoms with E-state index in [0.717, 1.165) is 17.5 Å². The van der Waals surface area contributed by atoms with Crippen molar-refractivity contribution in [1.29, 1.82) is 0 Å². The number of nitrogens with zero attached hydrogens (tertiary/aromatic N) is 4. The van der Waals surface area contributed by atoms with Crippen LogP contribution in [-0.4, -0.2) is 82.7 Å². The molecule has 2 aliphatic rings. The standard InChI is InChI=1S/C38H46ClF7N4O3Si/c1-35(2,3)54(7,8)53-22-28-19-49-11-12-52-21-27(49)20-50(28)33-17-30(29-10-9-26(40)16-31(29)39)32(18-47-33)48(6)34(51)36(4,5)23-13-24(37(41,42)43)15-25(14-23)38(44,45)46/h9-10,13-18,27-28H,11-12,19-22H2,1-8H3/t27-,28-/m0/s1. The summed E-state index contributed by atoms with van der Waals surface area (Å²) in [5.74, 6) is -0.917. The van der Waals surface area contributed by atoms with Gasteiger partial charge in [0.1, 0.15) is 11.6 Å².